The first-order chi connectivity index (χ1) is 12.1. The lowest BCUT2D eigenvalue weighted by Gasteiger charge is -2.34. The molecule has 0 radical (unpaired) electrons. The van der Waals surface area contributed by atoms with E-state index in [1.54, 1.807) is 12.2 Å². The Hall–Kier alpha value is -2.11. The highest BCUT2D eigenvalue weighted by Gasteiger charge is 2.13. The minimum Gasteiger partial charge on any atom is -0.369 e. The van der Waals surface area contributed by atoms with E-state index in [1.807, 2.05) is 36.4 Å². The van der Waals surface area contributed by atoms with Crippen molar-refractivity contribution in [2.45, 2.75) is 0 Å². The zero-order valence-corrected chi connectivity index (χ0v) is 15.9. The highest BCUT2D eigenvalue weighted by Crippen LogP contribution is 2.19. The summed E-state index contributed by atoms with van der Waals surface area (Å²) < 4.78 is 0.995. The molecule has 1 saturated heterocycles. The lowest BCUT2D eigenvalue weighted by Crippen LogP contribution is -2.44. The van der Waals surface area contributed by atoms with Gasteiger partial charge in [0.25, 0.3) is 0 Å². The molecule has 0 unspecified atom stereocenters. The Morgan fingerprint density at radius 1 is 1.08 bits per heavy atom. The molecule has 2 aromatic rings. The summed E-state index contributed by atoms with van der Waals surface area (Å²) >= 11 is 3.42. The SMILES string of the molecule is CN1CCN(c2ccc(NC(=O)/C=C/c3cccc(Br)c3)cc2)CC1. The van der Waals surface area contributed by atoms with Gasteiger partial charge in [0.1, 0.15) is 0 Å². The van der Waals surface area contributed by atoms with Crippen molar-refractivity contribution < 1.29 is 4.79 Å². The fraction of sp³-hybridized carbons (Fsp3) is 0.250. The highest BCUT2D eigenvalue weighted by molar-refractivity contribution is 9.10. The standard InChI is InChI=1S/C20H22BrN3O/c1-23-11-13-24(14-12-23)19-8-6-18(7-9-19)22-20(25)10-5-16-3-2-4-17(21)15-16/h2-10,15H,11-14H2,1H3,(H,22,25)/b10-5+. The third-order valence-corrected chi connectivity index (χ3v) is 4.77. The van der Waals surface area contributed by atoms with Crippen LogP contribution >= 0.6 is 15.9 Å². The predicted octanol–water partition coefficient (Wildman–Crippen LogP) is 3.85. The fourth-order valence-corrected chi connectivity index (χ4v) is 3.20. The zero-order chi connectivity index (χ0) is 17.6. The summed E-state index contributed by atoms with van der Waals surface area (Å²) in [4.78, 5) is 16.8. The molecule has 1 amide bonds. The van der Waals surface area contributed by atoms with Crippen molar-refractivity contribution in [1.29, 1.82) is 0 Å². The molecule has 1 heterocycles. The minimum absolute atomic E-state index is 0.132. The normalized spacial score (nSPS) is 15.5. The number of nitrogens with one attached hydrogen (secondary N) is 1. The van der Waals surface area contributed by atoms with Gasteiger partial charge in [-0.15, -0.1) is 0 Å². The van der Waals surface area contributed by atoms with Crippen molar-refractivity contribution in [1.82, 2.24) is 4.90 Å². The smallest absolute Gasteiger partial charge is 0.248 e. The molecule has 130 valence electrons. The number of halogens is 1. The van der Waals surface area contributed by atoms with Crippen LogP contribution in [0.2, 0.25) is 0 Å². The number of piperazine rings is 1. The van der Waals surface area contributed by atoms with Crippen molar-refractivity contribution in [2.24, 2.45) is 0 Å². The highest BCUT2D eigenvalue weighted by atomic mass is 79.9. The number of hydrogen-bond donors (Lipinski definition) is 1. The summed E-state index contributed by atoms with van der Waals surface area (Å²) in [6.45, 7) is 4.24. The van der Waals surface area contributed by atoms with Crippen LogP contribution in [0.4, 0.5) is 11.4 Å². The number of anilines is 2. The molecular formula is C20H22BrN3O. The molecule has 1 N–H and O–H groups in total. The number of nitrogens with zero attached hydrogens (tertiary/aromatic N) is 2. The Morgan fingerprint density at radius 2 is 1.80 bits per heavy atom. The van der Waals surface area contributed by atoms with Gasteiger partial charge in [-0.3, -0.25) is 4.79 Å². The Balaban J connectivity index is 1.56. The fourth-order valence-electron chi connectivity index (χ4n) is 2.79. The van der Waals surface area contributed by atoms with E-state index in [0.717, 1.165) is 41.9 Å². The lowest BCUT2D eigenvalue weighted by molar-refractivity contribution is -0.111. The van der Waals surface area contributed by atoms with E-state index in [2.05, 4.69) is 50.2 Å². The third kappa shape index (κ3) is 5.18. The van der Waals surface area contributed by atoms with Gasteiger partial charge in [-0.1, -0.05) is 28.1 Å². The van der Waals surface area contributed by atoms with Crippen LogP contribution in [0.25, 0.3) is 6.08 Å². The molecule has 5 heteroatoms. The van der Waals surface area contributed by atoms with Crippen LogP contribution < -0.4 is 10.2 Å². The van der Waals surface area contributed by atoms with Gasteiger partial charge in [0, 0.05) is 48.1 Å². The maximum atomic E-state index is 12.1. The molecule has 0 saturated carbocycles. The molecule has 4 nitrogen and oxygen atoms in total. The Bertz CT molecular complexity index is 750. The maximum absolute atomic E-state index is 12.1. The number of amides is 1. The number of rotatable bonds is 4. The first kappa shape index (κ1) is 17.7. The van der Waals surface area contributed by atoms with Crippen LogP contribution in [0.15, 0.2) is 59.1 Å². The number of carbonyl (C=O) groups excluding carboxylic acids is 1. The summed E-state index contributed by atoms with van der Waals surface area (Å²) in [5, 5.41) is 2.90. The van der Waals surface area contributed by atoms with Gasteiger partial charge in [0.15, 0.2) is 0 Å². The Morgan fingerprint density at radius 3 is 2.48 bits per heavy atom. The molecule has 0 aromatic heterocycles. The molecule has 0 spiro atoms. The summed E-state index contributed by atoms with van der Waals surface area (Å²) in [6.07, 6.45) is 3.36. The molecule has 0 bridgehead atoms. The first-order valence-electron chi connectivity index (χ1n) is 8.38. The number of hydrogen-bond acceptors (Lipinski definition) is 3. The van der Waals surface area contributed by atoms with Crippen LogP contribution in [0.1, 0.15) is 5.56 Å². The molecule has 1 fully saturated rings. The average molecular weight is 400 g/mol. The maximum Gasteiger partial charge on any atom is 0.248 e. The molecule has 1 aliphatic heterocycles. The molecule has 25 heavy (non-hydrogen) atoms. The van der Waals surface area contributed by atoms with Crippen LogP contribution in [-0.2, 0) is 4.79 Å². The summed E-state index contributed by atoms with van der Waals surface area (Å²) in [5.41, 5.74) is 2.99. The molecule has 0 atom stereocenters. The number of likely N-dealkylation sites (N-methyl/N-ethyl adjacent to an activating group) is 1. The van der Waals surface area contributed by atoms with Gasteiger partial charge in [0.2, 0.25) is 5.91 Å². The molecule has 3 rings (SSSR count). The van der Waals surface area contributed by atoms with Gasteiger partial charge in [-0.05, 0) is 55.1 Å². The number of carbonyl (C=O) groups is 1. The topological polar surface area (TPSA) is 35.6 Å². The van der Waals surface area contributed by atoms with Crippen molar-refractivity contribution in [2.75, 3.05) is 43.4 Å². The zero-order valence-electron chi connectivity index (χ0n) is 14.3. The first-order valence-corrected chi connectivity index (χ1v) is 9.18. The Labute approximate surface area is 157 Å². The third-order valence-electron chi connectivity index (χ3n) is 4.28. The van der Waals surface area contributed by atoms with Gasteiger partial charge >= 0.3 is 0 Å². The van der Waals surface area contributed by atoms with Gasteiger partial charge in [0.05, 0.1) is 0 Å². The van der Waals surface area contributed by atoms with E-state index >= 15 is 0 Å². The van der Waals surface area contributed by atoms with Crippen LogP contribution in [0.3, 0.4) is 0 Å². The van der Waals surface area contributed by atoms with Crippen LogP contribution in [0.5, 0.6) is 0 Å². The van der Waals surface area contributed by atoms with Gasteiger partial charge in [-0.2, -0.15) is 0 Å². The van der Waals surface area contributed by atoms with Crippen molar-refractivity contribution in [3.05, 3.63) is 64.6 Å². The average Bonchev–Trinajstić information content (AvgIpc) is 2.62. The molecular weight excluding hydrogens is 378 g/mol. The van der Waals surface area contributed by atoms with E-state index < -0.39 is 0 Å². The quantitative estimate of drug-likeness (QED) is 0.792. The van der Waals surface area contributed by atoms with E-state index in [-0.39, 0.29) is 5.91 Å². The van der Waals surface area contributed by atoms with E-state index in [9.17, 15) is 4.79 Å². The second kappa shape index (κ2) is 8.32. The largest absolute Gasteiger partial charge is 0.369 e. The Kier molecular flexibility index (Phi) is 5.89. The van der Waals surface area contributed by atoms with Crippen LogP contribution in [-0.4, -0.2) is 44.0 Å². The predicted molar refractivity (Wildman–Crippen MR) is 108 cm³/mol. The van der Waals surface area contributed by atoms with Crippen LogP contribution in [0, 0.1) is 0 Å². The van der Waals surface area contributed by atoms with E-state index in [0.29, 0.717) is 0 Å². The van der Waals surface area contributed by atoms with Crippen molar-refractivity contribution in [3.63, 3.8) is 0 Å². The second-order valence-corrected chi connectivity index (χ2v) is 7.13. The summed E-state index contributed by atoms with van der Waals surface area (Å²) in [7, 11) is 2.15. The summed E-state index contributed by atoms with van der Waals surface area (Å²) in [5.74, 6) is -0.132. The van der Waals surface area contributed by atoms with Gasteiger partial charge < -0.3 is 15.1 Å². The van der Waals surface area contributed by atoms with E-state index in [4.69, 9.17) is 0 Å². The van der Waals surface area contributed by atoms with E-state index in [1.165, 1.54) is 5.69 Å². The second-order valence-electron chi connectivity index (χ2n) is 6.21. The molecule has 0 aliphatic carbocycles. The number of benzene rings is 2. The minimum atomic E-state index is -0.132. The monoisotopic (exact) mass is 399 g/mol. The lowest BCUT2D eigenvalue weighted by atomic mass is 10.2. The summed E-state index contributed by atoms with van der Waals surface area (Å²) in [6, 6.07) is 15.9. The van der Waals surface area contributed by atoms with Gasteiger partial charge in [-0.25, -0.2) is 0 Å². The van der Waals surface area contributed by atoms with Crippen molar-refractivity contribution in [3.8, 4) is 0 Å². The molecule has 2 aromatic carbocycles. The molecule has 1 aliphatic rings. The van der Waals surface area contributed by atoms with Crippen molar-refractivity contribution >= 4 is 39.3 Å².